The molecule has 23 heavy (non-hydrogen) atoms. The third-order valence-electron chi connectivity index (χ3n) is 5.25. The van der Waals surface area contributed by atoms with Crippen molar-refractivity contribution in [1.29, 1.82) is 0 Å². The molecule has 0 radical (unpaired) electrons. The van der Waals surface area contributed by atoms with Gasteiger partial charge in [0, 0.05) is 4.73 Å². The highest BCUT2D eigenvalue weighted by atomic mass is 79.9. The standard InChI is InChI=1S/C19H29BrNO2/c1-4-15-11-16(5-2)13-19(6-3,12-15)8-10-23-18-7-9-21(22)14-17(18)20/h7,9,11,14-15,22H,4-6,8,10,12-13H2,1-3H3/q+1. The first-order chi connectivity index (χ1) is 11.0. The molecule has 128 valence electrons. The molecule has 0 aliphatic heterocycles. The summed E-state index contributed by atoms with van der Waals surface area (Å²) in [6.45, 7) is 7.60. The number of hydrogen-bond acceptors (Lipinski definition) is 2. The normalized spacial score (nSPS) is 24.3. The van der Waals surface area contributed by atoms with E-state index in [4.69, 9.17) is 4.74 Å². The van der Waals surface area contributed by atoms with E-state index in [0.29, 0.717) is 5.41 Å². The lowest BCUT2D eigenvalue weighted by Gasteiger charge is -2.40. The maximum atomic E-state index is 9.38. The van der Waals surface area contributed by atoms with Crippen LogP contribution in [0.4, 0.5) is 0 Å². The molecule has 0 saturated heterocycles. The predicted molar refractivity (Wildman–Crippen MR) is 95.7 cm³/mol. The van der Waals surface area contributed by atoms with E-state index in [0.717, 1.165) is 33.9 Å². The molecule has 1 heterocycles. The van der Waals surface area contributed by atoms with E-state index in [2.05, 4.69) is 42.8 Å². The molecule has 1 N–H and O–H groups in total. The molecule has 0 amide bonds. The molecule has 0 aromatic carbocycles. The second kappa shape index (κ2) is 8.18. The zero-order chi connectivity index (χ0) is 16.9. The van der Waals surface area contributed by atoms with Crippen LogP contribution in [-0.2, 0) is 0 Å². The number of aromatic nitrogens is 1. The molecule has 1 aliphatic carbocycles. The van der Waals surface area contributed by atoms with Gasteiger partial charge in [0.05, 0.1) is 12.7 Å². The minimum absolute atomic E-state index is 0.374. The second-order valence-electron chi connectivity index (χ2n) is 6.72. The number of pyridine rings is 1. The average molecular weight is 383 g/mol. The fraction of sp³-hybridized carbons (Fsp3) is 0.632. The summed E-state index contributed by atoms with van der Waals surface area (Å²) in [5.41, 5.74) is 1.99. The second-order valence-corrected chi connectivity index (χ2v) is 7.57. The van der Waals surface area contributed by atoms with Gasteiger partial charge in [0.1, 0.15) is 10.2 Å². The molecule has 0 spiro atoms. The van der Waals surface area contributed by atoms with Gasteiger partial charge in [-0.1, -0.05) is 38.8 Å². The van der Waals surface area contributed by atoms with Crippen LogP contribution in [0, 0.1) is 11.3 Å². The summed E-state index contributed by atoms with van der Waals surface area (Å²) in [6, 6.07) is 1.79. The summed E-state index contributed by atoms with van der Waals surface area (Å²) >= 11 is 3.43. The van der Waals surface area contributed by atoms with Gasteiger partial charge in [-0.2, -0.15) is 0 Å². The monoisotopic (exact) mass is 382 g/mol. The van der Waals surface area contributed by atoms with Crippen molar-refractivity contribution in [1.82, 2.24) is 0 Å². The summed E-state index contributed by atoms with van der Waals surface area (Å²) in [7, 11) is 0. The van der Waals surface area contributed by atoms with Crippen molar-refractivity contribution in [2.24, 2.45) is 11.3 Å². The summed E-state index contributed by atoms with van der Waals surface area (Å²) in [5.74, 6) is 1.51. The van der Waals surface area contributed by atoms with E-state index in [1.165, 1.54) is 32.1 Å². The molecule has 0 saturated carbocycles. The number of rotatable bonds is 7. The number of allylic oxidation sites excluding steroid dienone is 2. The van der Waals surface area contributed by atoms with Gasteiger partial charge in [-0.05, 0) is 59.4 Å². The van der Waals surface area contributed by atoms with E-state index in [1.807, 2.05) is 0 Å². The maximum Gasteiger partial charge on any atom is 0.240 e. The third kappa shape index (κ3) is 4.72. The number of hydrogen-bond donors (Lipinski definition) is 1. The van der Waals surface area contributed by atoms with Crippen LogP contribution in [0.3, 0.4) is 0 Å². The maximum absolute atomic E-state index is 9.38. The molecule has 4 heteroatoms. The molecule has 1 aromatic rings. The summed E-state index contributed by atoms with van der Waals surface area (Å²) in [6.07, 6.45) is 12.9. The zero-order valence-corrected chi connectivity index (χ0v) is 16.1. The van der Waals surface area contributed by atoms with Gasteiger partial charge in [-0.25, -0.2) is 0 Å². The van der Waals surface area contributed by atoms with E-state index < -0.39 is 0 Å². The Labute approximate surface area is 148 Å². The summed E-state index contributed by atoms with van der Waals surface area (Å²) in [5, 5.41) is 9.38. The Hall–Kier alpha value is -1.03. The van der Waals surface area contributed by atoms with Crippen molar-refractivity contribution in [3.63, 3.8) is 0 Å². The molecular formula is C19H29BrNO2+. The first kappa shape index (κ1) is 18.3. The molecule has 1 aliphatic rings. The number of nitrogens with zero attached hydrogens (tertiary/aromatic N) is 1. The lowest BCUT2D eigenvalue weighted by atomic mass is 9.66. The van der Waals surface area contributed by atoms with Crippen LogP contribution in [0.5, 0.6) is 5.75 Å². The fourth-order valence-corrected chi connectivity index (χ4v) is 4.10. The van der Waals surface area contributed by atoms with E-state index >= 15 is 0 Å². The lowest BCUT2D eigenvalue weighted by molar-refractivity contribution is -0.905. The van der Waals surface area contributed by atoms with Gasteiger partial charge in [0.25, 0.3) is 0 Å². The summed E-state index contributed by atoms with van der Waals surface area (Å²) in [4.78, 5) is 0. The van der Waals surface area contributed by atoms with Crippen LogP contribution in [-0.4, -0.2) is 11.8 Å². The van der Waals surface area contributed by atoms with Crippen LogP contribution in [0.25, 0.3) is 0 Å². The van der Waals surface area contributed by atoms with E-state index in [9.17, 15) is 5.21 Å². The average Bonchev–Trinajstić information content (AvgIpc) is 2.56. The van der Waals surface area contributed by atoms with Crippen LogP contribution in [0.15, 0.2) is 34.6 Å². The molecular weight excluding hydrogens is 354 g/mol. The van der Waals surface area contributed by atoms with Crippen LogP contribution in [0.2, 0.25) is 0 Å². The molecule has 2 atom stereocenters. The minimum Gasteiger partial charge on any atom is -0.492 e. The highest BCUT2D eigenvalue weighted by molar-refractivity contribution is 9.10. The molecule has 2 rings (SSSR count). The van der Waals surface area contributed by atoms with Crippen LogP contribution >= 0.6 is 15.9 Å². The van der Waals surface area contributed by atoms with Gasteiger partial charge >= 0.3 is 0 Å². The Balaban J connectivity index is 2.00. The lowest BCUT2D eigenvalue weighted by Crippen LogP contribution is -2.30. The largest absolute Gasteiger partial charge is 0.492 e. The molecule has 2 unspecified atom stereocenters. The number of ether oxygens (including phenoxy) is 1. The Morgan fingerprint density at radius 2 is 2.17 bits per heavy atom. The van der Waals surface area contributed by atoms with Gasteiger partial charge in [-0.3, -0.25) is 5.21 Å². The van der Waals surface area contributed by atoms with Crippen molar-refractivity contribution >= 4 is 15.9 Å². The number of halogens is 1. The smallest absolute Gasteiger partial charge is 0.240 e. The Morgan fingerprint density at radius 1 is 1.39 bits per heavy atom. The Bertz CT molecular complexity index is 558. The first-order valence-corrected chi connectivity index (χ1v) is 9.53. The van der Waals surface area contributed by atoms with Crippen LogP contribution < -0.4 is 9.47 Å². The van der Waals surface area contributed by atoms with Crippen molar-refractivity contribution in [2.45, 2.75) is 59.3 Å². The first-order valence-electron chi connectivity index (χ1n) is 8.74. The van der Waals surface area contributed by atoms with Gasteiger partial charge in [-0.15, -0.1) is 0 Å². The van der Waals surface area contributed by atoms with Crippen molar-refractivity contribution in [2.75, 3.05) is 6.61 Å². The van der Waals surface area contributed by atoms with Crippen molar-refractivity contribution in [3.8, 4) is 5.75 Å². The fourth-order valence-electron chi connectivity index (χ4n) is 3.64. The van der Waals surface area contributed by atoms with E-state index in [1.54, 1.807) is 24.0 Å². The highest BCUT2D eigenvalue weighted by Gasteiger charge is 2.34. The molecule has 0 bridgehead atoms. The third-order valence-corrected chi connectivity index (χ3v) is 5.84. The van der Waals surface area contributed by atoms with Crippen molar-refractivity contribution < 1.29 is 14.7 Å². The zero-order valence-electron chi connectivity index (χ0n) is 14.5. The minimum atomic E-state index is 0.374. The quantitative estimate of drug-likeness (QED) is 0.394. The molecule has 0 fully saturated rings. The van der Waals surface area contributed by atoms with Gasteiger partial charge in [0.2, 0.25) is 12.4 Å². The molecule has 1 aromatic heterocycles. The highest BCUT2D eigenvalue weighted by Crippen LogP contribution is 2.46. The van der Waals surface area contributed by atoms with Gasteiger partial charge in [0.15, 0.2) is 0 Å². The predicted octanol–water partition coefficient (Wildman–Crippen LogP) is 5.30. The van der Waals surface area contributed by atoms with E-state index in [-0.39, 0.29) is 0 Å². The van der Waals surface area contributed by atoms with Crippen molar-refractivity contribution in [3.05, 3.63) is 34.6 Å². The molecule has 3 nitrogen and oxygen atoms in total. The Kier molecular flexibility index (Phi) is 6.51. The summed E-state index contributed by atoms with van der Waals surface area (Å²) < 4.78 is 7.77. The topological polar surface area (TPSA) is 33.3 Å². The van der Waals surface area contributed by atoms with Gasteiger partial charge < -0.3 is 4.74 Å². The van der Waals surface area contributed by atoms with Crippen LogP contribution in [0.1, 0.15) is 59.3 Å². The Morgan fingerprint density at radius 3 is 2.78 bits per heavy atom. The SMILES string of the molecule is CCC1=CC(CC)CC(CC)(CCOc2cc[n+](O)cc2Br)C1.